The molecule has 1 aromatic rings. The zero-order valence-corrected chi connectivity index (χ0v) is 13.9. The van der Waals surface area contributed by atoms with Crippen molar-refractivity contribution >= 4 is 28.8 Å². The van der Waals surface area contributed by atoms with E-state index in [1.807, 2.05) is 5.38 Å². The average molecular weight is 303 g/mol. The highest BCUT2D eigenvalue weighted by Gasteiger charge is 2.27. The van der Waals surface area contributed by atoms with Crippen molar-refractivity contribution in [3.8, 4) is 0 Å². The Bertz CT molecular complexity index is 435. The standard InChI is InChI=1S/C14H23ClN2OS/c1-13(2,3)9-14(4,5)17-11(18)6-12-16-10(7-15)8-19-12/h8H,6-7,9H2,1-5H3,(H,17,18). The molecule has 1 N–H and O–H groups in total. The fourth-order valence-corrected chi connectivity index (χ4v) is 3.44. The maximum absolute atomic E-state index is 12.0. The molecule has 0 aliphatic rings. The first-order valence-electron chi connectivity index (χ1n) is 6.41. The summed E-state index contributed by atoms with van der Waals surface area (Å²) in [7, 11) is 0. The number of hydrogen-bond donors (Lipinski definition) is 1. The molecule has 0 bridgehead atoms. The molecule has 108 valence electrons. The molecule has 0 aliphatic heterocycles. The molecular weight excluding hydrogens is 280 g/mol. The van der Waals surface area contributed by atoms with Crippen LogP contribution < -0.4 is 5.32 Å². The second-order valence-corrected chi connectivity index (χ2v) is 7.92. The lowest BCUT2D eigenvalue weighted by atomic mass is 9.82. The molecule has 0 spiro atoms. The van der Waals surface area contributed by atoms with Gasteiger partial charge in [0.25, 0.3) is 0 Å². The Morgan fingerprint density at radius 2 is 2.00 bits per heavy atom. The van der Waals surface area contributed by atoms with Crippen molar-refractivity contribution in [1.29, 1.82) is 0 Å². The van der Waals surface area contributed by atoms with Gasteiger partial charge in [0.15, 0.2) is 0 Å². The molecule has 0 fully saturated rings. The molecule has 0 atom stereocenters. The van der Waals surface area contributed by atoms with E-state index in [9.17, 15) is 4.79 Å². The van der Waals surface area contributed by atoms with Gasteiger partial charge in [0.05, 0.1) is 18.0 Å². The van der Waals surface area contributed by atoms with Crippen LogP contribution in [0.15, 0.2) is 5.38 Å². The summed E-state index contributed by atoms with van der Waals surface area (Å²) in [5.41, 5.74) is 0.814. The second-order valence-electron chi connectivity index (χ2n) is 6.71. The molecule has 3 nitrogen and oxygen atoms in total. The van der Waals surface area contributed by atoms with Crippen LogP contribution in [0.25, 0.3) is 0 Å². The second kappa shape index (κ2) is 6.23. The molecule has 1 heterocycles. The molecule has 0 aromatic carbocycles. The van der Waals surface area contributed by atoms with Crippen LogP contribution >= 0.6 is 22.9 Å². The van der Waals surface area contributed by atoms with Crippen molar-refractivity contribution in [2.24, 2.45) is 5.41 Å². The number of rotatable bonds is 5. The topological polar surface area (TPSA) is 42.0 Å². The molecule has 1 amide bonds. The average Bonchev–Trinajstić information content (AvgIpc) is 2.59. The summed E-state index contributed by atoms with van der Waals surface area (Å²) in [6.07, 6.45) is 1.26. The molecule has 0 saturated carbocycles. The summed E-state index contributed by atoms with van der Waals surface area (Å²) >= 11 is 7.18. The maximum Gasteiger partial charge on any atom is 0.227 e. The normalized spacial score (nSPS) is 12.5. The molecular formula is C14H23ClN2OS. The third-order valence-electron chi connectivity index (χ3n) is 2.50. The van der Waals surface area contributed by atoms with Crippen LogP contribution in [0.5, 0.6) is 0 Å². The number of alkyl halides is 1. The molecule has 0 aliphatic carbocycles. The van der Waals surface area contributed by atoms with E-state index in [0.29, 0.717) is 12.3 Å². The minimum atomic E-state index is -0.206. The summed E-state index contributed by atoms with van der Waals surface area (Å²) < 4.78 is 0. The van der Waals surface area contributed by atoms with Gasteiger partial charge in [-0.15, -0.1) is 22.9 Å². The van der Waals surface area contributed by atoms with Gasteiger partial charge < -0.3 is 5.32 Å². The number of nitrogens with one attached hydrogen (secondary N) is 1. The highest BCUT2D eigenvalue weighted by Crippen LogP contribution is 2.26. The maximum atomic E-state index is 12.0. The Kier molecular flexibility index (Phi) is 5.39. The van der Waals surface area contributed by atoms with Crippen molar-refractivity contribution in [2.45, 2.75) is 58.9 Å². The lowest BCUT2D eigenvalue weighted by Gasteiger charge is -2.33. The minimum Gasteiger partial charge on any atom is -0.351 e. The van der Waals surface area contributed by atoms with Crippen LogP contribution in [0.3, 0.4) is 0 Å². The lowest BCUT2D eigenvalue weighted by molar-refractivity contribution is -0.122. The number of amides is 1. The van der Waals surface area contributed by atoms with Gasteiger partial charge >= 0.3 is 0 Å². The summed E-state index contributed by atoms with van der Waals surface area (Å²) in [5.74, 6) is 0.415. The van der Waals surface area contributed by atoms with Crippen LogP contribution in [0.2, 0.25) is 0 Å². The third-order valence-corrected chi connectivity index (χ3v) is 3.67. The van der Waals surface area contributed by atoms with Gasteiger partial charge in [-0.05, 0) is 25.7 Å². The molecule has 19 heavy (non-hydrogen) atoms. The van der Waals surface area contributed by atoms with Crippen molar-refractivity contribution in [1.82, 2.24) is 10.3 Å². The van der Waals surface area contributed by atoms with Crippen molar-refractivity contribution in [3.63, 3.8) is 0 Å². The first kappa shape index (κ1) is 16.4. The number of carbonyl (C=O) groups is 1. The number of nitrogens with zero attached hydrogens (tertiary/aromatic N) is 1. The third kappa shape index (κ3) is 6.39. The molecule has 0 radical (unpaired) electrons. The number of halogens is 1. The summed E-state index contributed by atoms with van der Waals surface area (Å²) in [6.45, 7) is 10.6. The predicted octanol–water partition coefficient (Wildman–Crippen LogP) is 3.76. The number of carbonyl (C=O) groups excluding carboxylic acids is 1. The van der Waals surface area contributed by atoms with E-state index in [1.54, 1.807) is 0 Å². The number of aromatic nitrogens is 1. The van der Waals surface area contributed by atoms with E-state index < -0.39 is 0 Å². The van der Waals surface area contributed by atoms with Crippen LogP contribution in [0.4, 0.5) is 0 Å². The van der Waals surface area contributed by atoms with Crippen molar-refractivity contribution < 1.29 is 4.79 Å². The zero-order chi connectivity index (χ0) is 14.7. The highest BCUT2D eigenvalue weighted by molar-refractivity contribution is 7.09. The molecule has 0 saturated heterocycles. The van der Waals surface area contributed by atoms with E-state index in [0.717, 1.165) is 17.1 Å². The first-order valence-corrected chi connectivity index (χ1v) is 7.83. The van der Waals surface area contributed by atoms with Gasteiger partial charge in [-0.25, -0.2) is 4.98 Å². The monoisotopic (exact) mass is 302 g/mol. The Morgan fingerprint density at radius 3 is 2.47 bits per heavy atom. The SMILES string of the molecule is CC(C)(C)CC(C)(C)NC(=O)Cc1nc(CCl)cs1. The van der Waals surface area contributed by atoms with Gasteiger partial charge in [0, 0.05) is 10.9 Å². The van der Waals surface area contributed by atoms with Crippen LogP contribution in [0, 0.1) is 5.41 Å². The summed E-state index contributed by atoms with van der Waals surface area (Å²) in [6, 6.07) is 0. The molecule has 5 heteroatoms. The molecule has 1 aromatic heterocycles. The highest BCUT2D eigenvalue weighted by atomic mass is 35.5. The lowest BCUT2D eigenvalue weighted by Crippen LogP contribution is -2.46. The minimum absolute atomic E-state index is 0.0183. The van der Waals surface area contributed by atoms with Gasteiger partial charge in [-0.1, -0.05) is 20.8 Å². The van der Waals surface area contributed by atoms with Crippen molar-refractivity contribution in [2.75, 3.05) is 0 Å². The Hall–Kier alpha value is -0.610. The Labute approximate surface area is 124 Å². The van der Waals surface area contributed by atoms with Gasteiger partial charge in [0.1, 0.15) is 5.01 Å². The van der Waals surface area contributed by atoms with Crippen LogP contribution in [-0.2, 0) is 17.1 Å². The van der Waals surface area contributed by atoms with E-state index in [4.69, 9.17) is 11.6 Å². The van der Waals surface area contributed by atoms with Gasteiger partial charge in [0.2, 0.25) is 5.91 Å². The first-order chi connectivity index (χ1) is 8.61. The van der Waals surface area contributed by atoms with Gasteiger partial charge in [-0.2, -0.15) is 0 Å². The van der Waals surface area contributed by atoms with E-state index in [1.165, 1.54) is 11.3 Å². The Balaban J connectivity index is 2.55. The summed E-state index contributed by atoms with van der Waals surface area (Å²) in [5, 5.41) is 5.80. The number of thiazole rings is 1. The van der Waals surface area contributed by atoms with E-state index >= 15 is 0 Å². The molecule has 1 rings (SSSR count). The quantitative estimate of drug-likeness (QED) is 0.842. The van der Waals surface area contributed by atoms with Crippen molar-refractivity contribution in [3.05, 3.63) is 16.1 Å². The van der Waals surface area contributed by atoms with Crippen LogP contribution in [0.1, 0.15) is 51.7 Å². The fraction of sp³-hybridized carbons (Fsp3) is 0.714. The number of hydrogen-bond acceptors (Lipinski definition) is 3. The van der Waals surface area contributed by atoms with Crippen LogP contribution in [-0.4, -0.2) is 16.4 Å². The Morgan fingerprint density at radius 1 is 1.37 bits per heavy atom. The molecule has 0 unspecified atom stereocenters. The van der Waals surface area contributed by atoms with E-state index in [-0.39, 0.29) is 16.9 Å². The van der Waals surface area contributed by atoms with E-state index in [2.05, 4.69) is 44.9 Å². The smallest absolute Gasteiger partial charge is 0.227 e. The van der Waals surface area contributed by atoms with Gasteiger partial charge in [-0.3, -0.25) is 4.79 Å². The fourth-order valence-electron chi connectivity index (χ4n) is 2.42. The predicted molar refractivity (Wildman–Crippen MR) is 81.7 cm³/mol. The zero-order valence-electron chi connectivity index (χ0n) is 12.3. The largest absolute Gasteiger partial charge is 0.351 e. The summed E-state index contributed by atoms with van der Waals surface area (Å²) in [4.78, 5) is 16.3.